The molecule has 2 heterocycles. The van der Waals surface area contributed by atoms with Crippen LogP contribution >= 0.6 is 11.6 Å². The van der Waals surface area contributed by atoms with Crippen LogP contribution in [-0.4, -0.2) is 32.8 Å². The van der Waals surface area contributed by atoms with E-state index in [-0.39, 0.29) is 34.1 Å². The Morgan fingerprint density at radius 2 is 1.91 bits per heavy atom. The van der Waals surface area contributed by atoms with E-state index in [0.717, 1.165) is 21.7 Å². The van der Waals surface area contributed by atoms with Crippen molar-refractivity contribution >= 4 is 34.5 Å². The van der Waals surface area contributed by atoms with Crippen molar-refractivity contribution in [2.24, 2.45) is 0 Å². The number of aromatic nitrogens is 3. The van der Waals surface area contributed by atoms with Crippen LogP contribution < -0.4 is 10.5 Å². The predicted octanol–water partition coefficient (Wildman–Crippen LogP) is 5.21. The van der Waals surface area contributed by atoms with E-state index in [1.165, 1.54) is 12.1 Å². The minimum atomic E-state index is -4.69. The molecule has 170 valence electrons. The van der Waals surface area contributed by atoms with Crippen LogP contribution in [0.4, 0.5) is 23.9 Å². The van der Waals surface area contributed by atoms with Gasteiger partial charge in [-0.1, -0.05) is 17.7 Å². The van der Waals surface area contributed by atoms with Gasteiger partial charge in [0, 0.05) is 12.7 Å². The van der Waals surface area contributed by atoms with Crippen LogP contribution in [0.5, 0.6) is 0 Å². The first kappa shape index (κ1) is 23.5. The molecule has 0 saturated heterocycles. The summed E-state index contributed by atoms with van der Waals surface area (Å²) in [5.74, 6) is -0.220. The minimum Gasteiger partial charge on any atom is -0.443 e. The maximum atomic E-state index is 13.4. The number of benzene rings is 1. The number of rotatable bonds is 3. The number of alkyl halides is 3. The molecule has 0 bridgehead atoms. The second-order valence-electron chi connectivity index (χ2n) is 7.84. The highest BCUT2D eigenvalue weighted by Crippen LogP contribution is 2.31. The zero-order valence-corrected chi connectivity index (χ0v) is 18.5. The second kappa shape index (κ2) is 8.42. The Hall–Kier alpha value is -3.14. The zero-order valence-electron chi connectivity index (χ0n) is 17.7. The molecule has 0 aliphatic carbocycles. The van der Waals surface area contributed by atoms with E-state index in [2.05, 4.69) is 9.97 Å². The number of amides is 1. The van der Waals surface area contributed by atoms with Gasteiger partial charge in [-0.05, 0) is 45.9 Å². The molecule has 2 aromatic heterocycles. The molecule has 0 unspecified atom stereocenters. The number of fused-ring (bicyclic) bond motifs is 1. The third-order valence-electron chi connectivity index (χ3n) is 4.31. The normalized spacial score (nSPS) is 12.1. The third-order valence-corrected chi connectivity index (χ3v) is 4.62. The smallest absolute Gasteiger partial charge is 0.417 e. The molecule has 0 radical (unpaired) electrons. The first-order valence-electron chi connectivity index (χ1n) is 9.58. The summed E-state index contributed by atoms with van der Waals surface area (Å²) in [7, 11) is 0. The maximum Gasteiger partial charge on any atom is 0.417 e. The predicted molar refractivity (Wildman–Crippen MR) is 114 cm³/mol. The first-order chi connectivity index (χ1) is 14.8. The van der Waals surface area contributed by atoms with E-state index >= 15 is 0 Å². The Morgan fingerprint density at radius 3 is 2.50 bits per heavy atom. The molecule has 0 atom stereocenters. The van der Waals surface area contributed by atoms with Gasteiger partial charge >= 0.3 is 12.3 Å². The van der Waals surface area contributed by atoms with Crippen LogP contribution in [0.15, 0.2) is 41.5 Å². The van der Waals surface area contributed by atoms with Crippen molar-refractivity contribution in [1.29, 1.82) is 0 Å². The first-order valence-corrected chi connectivity index (χ1v) is 9.95. The van der Waals surface area contributed by atoms with Gasteiger partial charge in [0.1, 0.15) is 5.60 Å². The molecule has 3 rings (SSSR count). The molecule has 0 aliphatic heterocycles. The van der Waals surface area contributed by atoms with Crippen LogP contribution in [0.2, 0.25) is 5.02 Å². The summed E-state index contributed by atoms with van der Waals surface area (Å²) in [5.41, 5.74) is -2.72. The van der Waals surface area contributed by atoms with Crippen LogP contribution in [0, 0.1) is 0 Å². The van der Waals surface area contributed by atoms with Crippen molar-refractivity contribution in [3.05, 3.63) is 57.6 Å². The van der Waals surface area contributed by atoms with Crippen LogP contribution in [-0.2, 0) is 10.9 Å². The number of carbonyl (C=O) groups excluding carboxylic acids is 1. The van der Waals surface area contributed by atoms with Crippen molar-refractivity contribution in [2.75, 3.05) is 11.4 Å². The fourth-order valence-corrected chi connectivity index (χ4v) is 3.22. The average molecular weight is 469 g/mol. The van der Waals surface area contributed by atoms with Crippen LogP contribution in [0.1, 0.15) is 33.3 Å². The van der Waals surface area contributed by atoms with Crippen molar-refractivity contribution in [3.8, 4) is 5.69 Å². The largest absolute Gasteiger partial charge is 0.443 e. The molecule has 0 saturated carbocycles. The van der Waals surface area contributed by atoms with Crippen molar-refractivity contribution < 1.29 is 22.7 Å². The molecule has 7 nitrogen and oxygen atoms in total. The lowest BCUT2D eigenvalue weighted by atomic mass is 10.2. The molecule has 0 spiro atoms. The zero-order chi connectivity index (χ0) is 23.8. The Kier molecular flexibility index (Phi) is 6.19. The Bertz CT molecular complexity index is 1240. The number of anilines is 1. The number of carbonyl (C=O) groups is 1. The van der Waals surface area contributed by atoms with E-state index in [1.54, 1.807) is 33.8 Å². The Balaban J connectivity index is 2.36. The van der Waals surface area contributed by atoms with Gasteiger partial charge in [0.25, 0.3) is 5.56 Å². The van der Waals surface area contributed by atoms with Gasteiger partial charge in [0.2, 0.25) is 5.95 Å². The lowest BCUT2D eigenvalue weighted by Gasteiger charge is -2.27. The van der Waals surface area contributed by atoms with E-state index in [4.69, 9.17) is 16.3 Å². The molecule has 1 aromatic carbocycles. The Morgan fingerprint density at radius 1 is 1.22 bits per heavy atom. The summed E-state index contributed by atoms with van der Waals surface area (Å²) in [4.78, 5) is 35.3. The monoisotopic (exact) mass is 468 g/mol. The summed E-state index contributed by atoms with van der Waals surface area (Å²) in [6.45, 7) is 6.63. The fraction of sp³-hybridized carbons (Fsp3) is 0.333. The van der Waals surface area contributed by atoms with E-state index < -0.39 is 29.0 Å². The molecule has 0 fully saturated rings. The van der Waals surface area contributed by atoms with Gasteiger partial charge in [0.05, 0.1) is 33.4 Å². The van der Waals surface area contributed by atoms with E-state index in [1.807, 2.05) is 0 Å². The van der Waals surface area contributed by atoms with Crippen molar-refractivity contribution in [3.63, 3.8) is 0 Å². The second-order valence-corrected chi connectivity index (χ2v) is 8.25. The SMILES string of the molecule is CCN(C(=O)OC(C)(C)C)c1nc2cccc(Cl)c2c(=O)n1-c1cncc(C(F)(F)F)c1. The van der Waals surface area contributed by atoms with E-state index in [0.29, 0.717) is 6.20 Å². The minimum absolute atomic E-state index is 0.00410. The highest BCUT2D eigenvalue weighted by molar-refractivity contribution is 6.35. The van der Waals surface area contributed by atoms with Gasteiger partial charge in [-0.15, -0.1) is 0 Å². The summed E-state index contributed by atoms with van der Waals surface area (Å²) >= 11 is 6.19. The number of nitrogens with zero attached hydrogens (tertiary/aromatic N) is 4. The highest BCUT2D eigenvalue weighted by atomic mass is 35.5. The number of hydrogen-bond acceptors (Lipinski definition) is 5. The number of halogens is 4. The lowest BCUT2D eigenvalue weighted by Crippen LogP contribution is -2.40. The highest BCUT2D eigenvalue weighted by Gasteiger charge is 2.32. The van der Waals surface area contributed by atoms with Crippen molar-refractivity contribution in [2.45, 2.75) is 39.5 Å². The summed E-state index contributed by atoms with van der Waals surface area (Å²) < 4.78 is 46.2. The van der Waals surface area contributed by atoms with Gasteiger partial charge < -0.3 is 4.74 Å². The maximum absolute atomic E-state index is 13.4. The van der Waals surface area contributed by atoms with Crippen LogP contribution in [0.25, 0.3) is 16.6 Å². The number of ether oxygens (including phenoxy) is 1. The Labute approximate surface area is 186 Å². The third kappa shape index (κ3) is 4.69. The molecule has 11 heteroatoms. The summed E-state index contributed by atoms with van der Waals surface area (Å²) in [5, 5.41) is 0.0659. The van der Waals surface area contributed by atoms with E-state index in [9.17, 15) is 22.8 Å². The molecular formula is C21H20ClF3N4O3. The summed E-state index contributed by atoms with van der Waals surface area (Å²) in [6.07, 6.45) is -3.79. The van der Waals surface area contributed by atoms with Gasteiger partial charge in [0.15, 0.2) is 0 Å². The van der Waals surface area contributed by atoms with Gasteiger partial charge in [-0.25, -0.2) is 19.2 Å². The molecular weight excluding hydrogens is 449 g/mol. The molecule has 1 amide bonds. The molecule has 3 aromatic rings. The molecule has 32 heavy (non-hydrogen) atoms. The standard InChI is InChI=1S/C21H20ClF3N4O3/c1-5-28(19(31)32-20(2,3)4)18-27-15-8-6-7-14(22)16(15)17(30)29(18)13-9-12(10-26-11-13)21(23,24)25/h6-11H,5H2,1-4H3. The lowest BCUT2D eigenvalue weighted by molar-refractivity contribution is -0.137. The molecule has 0 aliphatic rings. The molecule has 0 N–H and O–H groups in total. The average Bonchev–Trinajstić information content (AvgIpc) is 2.66. The quantitative estimate of drug-likeness (QED) is 0.527. The van der Waals surface area contributed by atoms with Crippen molar-refractivity contribution in [1.82, 2.24) is 14.5 Å². The van der Waals surface area contributed by atoms with Crippen LogP contribution in [0.3, 0.4) is 0 Å². The van der Waals surface area contributed by atoms with Gasteiger partial charge in [-0.3, -0.25) is 9.78 Å². The fourth-order valence-electron chi connectivity index (χ4n) is 2.97. The topological polar surface area (TPSA) is 77.3 Å². The number of pyridine rings is 1. The number of hydrogen-bond donors (Lipinski definition) is 0. The summed E-state index contributed by atoms with van der Waals surface area (Å²) in [6, 6.07) is 5.31. The van der Waals surface area contributed by atoms with Gasteiger partial charge in [-0.2, -0.15) is 13.2 Å².